The average Bonchev–Trinajstić information content (AvgIpc) is 3.42. The fourth-order valence-electron chi connectivity index (χ4n) is 3.47. The van der Waals surface area contributed by atoms with Crippen molar-refractivity contribution in [1.29, 1.82) is 0 Å². The standard InChI is InChI=1S/C21H21NO5S/c1-3-26-19(24)16-15(12-8-9-12)11-28-17(16)22-20(25)21(2)10-13-6-4-5-7-14(13)18(23)27-21/h4-7,11-12H,3,8-10H2,1-2H3,(H,22,25). The molecule has 1 aliphatic carbocycles. The summed E-state index contributed by atoms with van der Waals surface area (Å²) in [4.78, 5) is 37.9. The number of fused-ring (bicyclic) bond motifs is 1. The van der Waals surface area contributed by atoms with Crippen LogP contribution in [-0.4, -0.2) is 30.1 Å². The van der Waals surface area contributed by atoms with Gasteiger partial charge in [0.15, 0.2) is 5.60 Å². The highest BCUT2D eigenvalue weighted by Gasteiger charge is 2.43. The number of rotatable bonds is 5. The van der Waals surface area contributed by atoms with E-state index >= 15 is 0 Å². The molecule has 1 N–H and O–H groups in total. The third kappa shape index (κ3) is 3.30. The van der Waals surface area contributed by atoms with Crippen LogP contribution >= 0.6 is 11.3 Å². The van der Waals surface area contributed by atoms with Crippen molar-refractivity contribution < 1.29 is 23.9 Å². The molecule has 2 aliphatic rings. The predicted molar refractivity (Wildman–Crippen MR) is 105 cm³/mol. The molecule has 2 heterocycles. The molecule has 1 fully saturated rings. The first-order chi connectivity index (χ1) is 13.4. The molecule has 6 nitrogen and oxygen atoms in total. The van der Waals surface area contributed by atoms with Gasteiger partial charge in [0.05, 0.1) is 17.7 Å². The molecule has 0 bridgehead atoms. The monoisotopic (exact) mass is 399 g/mol. The van der Waals surface area contributed by atoms with E-state index in [9.17, 15) is 14.4 Å². The minimum absolute atomic E-state index is 0.262. The maximum absolute atomic E-state index is 13.0. The Morgan fingerprint density at radius 3 is 2.79 bits per heavy atom. The molecule has 1 aromatic carbocycles. The summed E-state index contributed by atoms with van der Waals surface area (Å²) in [5.74, 6) is -1.06. The number of ether oxygens (including phenoxy) is 2. The Kier molecular flexibility index (Phi) is 4.71. The van der Waals surface area contributed by atoms with Crippen LogP contribution in [0.4, 0.5) is 5.00 Å². The van der Waals surface area contributed by atoms with E-state index in [1.807, 2.05) is 17.5 Å². The summed E-state index contributed by atoms with van der Waals surface area (Å²) < 4.78 is 10.7. The van der Waals surface area contributed by atoms with Crippen LogP contribution in [0.5, 0.6) is 0 Å². The van der Waals surface area contributed by atoms with E-state index in [0.29, 0.717) is 22.0 Å². The lowest BCUT2D eigenvalue weighted by molar-refractivity contribution is -0.134. The lowest BCUT2D eigenvalue weighted by Crippen LogP contribution is -2.48. The first kappa shape index (κ1) is 18.7. The Hall–Kier alpha value is -2.67. The lowest BCUT2D eigenvalue weighted by atomic mass is 9.89. The number of hydrogen-bond donors (Lipinski definition) is 1. The molecular weight excluding hydrogens is 378 g/mol. The van der Waals surface area contributed by atoms with Crippen molar-refractivity contribution >= 4 is 34.2 Å². The Morgan fingerprint density at radius 1 is 1.32 bits per heavy atom. The summed E-state index contributed by atoms with van der Waals surface area (Å²) in [5.41, 5.74) is 1.25. The van der Waals surface area contributed by atoms with Gasteiger partial charge in [0.25, 0.3) is 5.91 Å². The number of hydrogen-bond acceptors (Lipinski definition) is 6. The molecule has 146 valence electrons. The Labute approximate surface area is 166 Å². The number of esters is 2. The highest BCUT2D eigenvalue weighted by atomic mass is 32.1. The zero-order valence-electron chi connectivity index (χ0n) is 15.7. The number of anilines is 1. The molecule has 1 aromatic heterocycles. The van der Waals surface area contributed by atoms with Crippen molar-refractivity contribution in [2.75, 3.05) is 11.9 Å². The molecular formula is C21H21NO5S. The van der Waals surface area contributed by atoms with Gasteiger partial charge in [-0.2, -0.15) is 0 Å². The van der Waals surface area contributed by atoms with E-state index in [4.69, 9.17) is 9.47 Å². The number of nitrogens with one attached hydrogen (secondary N) is 1. The van der Waals surface area contributed by atoms with Gasteiger partial charge in [-0.3, -0.25) is 4.79 Å². The molecule has 1 atom stereocenters. The Bertz CT molecular complexity index is 961. The van der Waals surface area contributed by atoms with Crippen LogP contribution in [0.25, 0.3) is 0 Å². The topological polar surface area (TPSA) is 81.7 Å². The average molecular weight is 399 g/mol. The second kappa shape index (κ2) is 7.05. The number of cyclic esters (lactones) is 1. The summed E-state index contributed by atoms with van der Waals surface area (Å²) in [7, 11) is 0. The van der Waals surface area contributed by atoms with Gasteiger partial charge in [-0.1, -0.05) is 18.2 Å². The van der Waals surface area contributed by atoms with E-state index in [-0.39, 0.29) is 13.0 Å². The zero-order valence-corrected chi connectivity index (χ0v) is 16.6. The summed E-state index contributed by atoms with van der Waals surface area (Å²) >= 11 is 1.30. The number of carbonyl (C=O) groups is 3. The summed E-state index contributed by atoms with van der Waals surface area (Å²) in [6, 6.07) is 7.10. The quantitative estimate of drug-likeness (QED) is 0.771. The molecule has 1 amide bonds. The van der Waals surface area contributed by atoms with E-state index in [0.717, 1.165) is 24.0 Å². The summed E-state index contributed by atoms with van der Waals surface area (Å²) in [6.45, 7) is 3.60. The minimum Gasteiger partial charge on any atom is -0.462 e. The van der Waals surface area contributed by atoms with Crippen LogP contribution in [0.2, 0.25) is 0 Å². The maximum Gasteiger partial charge on any atom is 0.341 e. The van der Waals surface area contributed by atoms with E-state index in [1.54, 1.807) is 26.0 Å². The van der Waals surface area contributed by atoms with Crippen molar-refractivity contribution in [2.24, 2.45) is 0 Å². The fraction of sp³-hybridized carbons (Fsp3) is 0.381. The molecule has 1 aliphatic heterocycles. The molecule has 0 spiro atoms. The van der Waals surface area contributed by atoms with Crippen molar-refractivity contribution in [1.82, 2.24) is 0 Å². The first-order valence-corrected chi connectivity index (χ1v) is 10.2. The van der Waals surface area contributed by atoms with Crippen molar-refractivity contribution in [3.63, 3.8) is 0 Å². The molecule has 7 heteroatoms. The highest BCUT2D eigenvalue weighted by Crippen LogP contribution is 2.46. The molecule has 28 heavy (non-hydrogen) atoms. The minimum atomic E-state index is -1.35. The first-order valence-electron chi connectivity index (χ1n) is 9.34. The summed E-state index contributed by atoms with van der Waals surface area (Å²) in [6.07, 6.45) is 2.33. The Balaban J connectivity index is 1.60. The van der Waals surface area contributed by atoms with Crippen LogP contribution in [0.15, 0.2) is 29.6 Å². The zero-order chi connectivity index (χ0) is 19.9. The van der Waals surface area contributed by atoms with Gasteiger partial charge >= 0.3 is 11.9 Å². The van der Waals surface area contributed by atoms with Crippen LogP contribution in [-0.2, 0) is 20.7 Å². The molecule has 0 radical (unpaired) electrons. The van der Waals surface area contributed by atoms with E-state index in [2.05, 4.69) is 5.32 Å². The molecule has 1 saturated carbocycles. The number of thiophene rings is 1. The van der Waals surface area contributed by atoms with Gasteiger partial charge in [0, 0.05) is 6.42 Å². The third-order valence-electron chi connectivity index (χ3n) is 5.11. The van der Waals surface area contributed by atoms with Crippen molar-refractivity contribution in [3.8, 4) is 0 Å². The number of carbonyl (C=O) groups excluding carboxylic acids is 3. The van der Waals surface area contributed by atoms with Gasteiger partial charge in [0.1, 0.15) is 5.00 Å². The molecule has 0 saturated heterocycles. The van der Waals surface area contributed by atoms with Crippen LogP contribution in [0.1, 0.15) is 64.4 Å². The second-order valence-corrected chi connectivity index (χ2v) is 8.18. The van der Waals surface area contributed by atoms with Crippen LogP contribution < -0.4 is 5.32 Å². The van der Waals surface area contributed by atoms with Gasteiger partial charge in [-0.05, 0) is 55.2 Å². The Morgan fingerprint density at radius 2 is 2.07 bits per heavy atom. The number of benzene rings is 1. The SMILES string of the molecule is CCOC(=O)c1c(C2CC2)csc1NC(=O)C1(C)Cc2ccccc2C(=O)O1. The van der Waals surface area contributed by atoms with Gasteiger partial charge in [-0.15, -0.1) is 11.3 Å². The highest BCUT2D eigenvalue weighted by molar-refractivity contribution is 7.15. The van der Waals surface area contributed by atoms with Crippen LogP contribution in [0, 0.1) is 0 Å². The molecule has 4 rings (SSSR count). The fourth-order valence-corrected chi connectivity index (χ4v) is 4.49. The maximum atomic E-state index is 13.0. The lowest BCUT2D eigenvalue weighted by Gasteiger charge is -2.32. The smallest absolute Gasteiger partial charge is 0.341 e. The van der Waals surface area contributed by atoms with Gasteiger partial charge in [0.2, 0.25) is 0 Å². The molecule has 1 unspecified atom stereocenters. The molecule has 2 aromatic rings. The van der Waals surface area contributed by atoms with E-state index in [1.165, 1.54) is 11.3 Å². The number of amides is 1. The largest absolute Gasteiger partial charge is 0.462 e. The van der Waals surface area contributed by atoms with E-state index < -0.39 is 23.4 Å². The van der Waals surface area contributed by atoms with Gasteiger partial charge in [-0.25, -0.2) is 9.59 Å². The third-order valence-corrected chi connectivity index (χ3v) is 6.02. The van der Waals surface area contributed by atoms with Crippen molar-refractivity contribution in [3.05, 3.63) is 51.9 Å². The second-order valence-electron chi connectivity index (χ2n) is 7.30. The van der Waals surface area contributed by atoms with Gasteiger partial charge < -0.3 is 14.8 Å². The predicted octanol–water partition coefficient (Wildman–Crippen LogP) is 3.91. The normalized spacial score (nSPS) is 20.9. The summed E-state index contributed by atoms with van der Waals surface area (Å²) in [5, 5.41) is 5.17. The van der Waals surface area contributed by atoms with Crippen molar-refractivity contribution in [2.45, 2.75) is 44.6 Å². The van der Waals surface area contributed by atoms with Crippen LogP contribution in [0.3, 0.4) is 0 Å².